The molecule has 1 aromatic carbocycles. The molecule has 5 nitrogen and oxygen atoms in total. The average Bonchev–Trinajstić information content (AvgIpc) is 3.40. The fourth-order valence-electron chi connectivity index (χ4n) is 3.89. The Morgan fingerprint density at radius 2 is 2.11 bits per heavy atom. The minimum absolute atomic E-state index is 0.0579. The fourth-order valence-corrected chi connectivity index (χ4v) is 4.53. The summed E-state index contributed by atoms with van der Waals surface area (Å²) in [4.78, 5) is 31.5. The second-order valence-corrected chi connectivity index (χ2v) is 8.37. The highest BCUT2D eigenvalue weighted by Gasteiger charge is 2.28. The van der Waals surface area contributed by atoms with E-state index in [1.807, 2.05) is 46.8 Å². The molecule has 4 rings (SSSR count). The van der Waals surface area contributed by atoms with Crippen LogP contribution >= 0.6 is 11.3 Å². The maximum atomic E-state index is 12.7. The van der Waals surface area contributed by atoms with Crippen molar-refractivity contribution in [1.82, 2.24) is 15.2 Å². The summed E-state index contributed by atoms with van der Waals surface area (Å²) in [7, 11) is 0. The summed E-state index contributed by atoms with van der Waals surface area (Å²) in [6, 6.07) is 12.2. The topological polar surface area (TPSA) is 65.2 Å². The highest BCUT2D eigenvalue weighted by atomic mass is 32.1. The van der Waals surface area contributed by atoms with Crippen LogP contribution in [-0.4, -0.2) is 34.8 Å². The second kappa shape index (κ2) is 8.61. The fraction of sp³-hybridized carbons (Fsp3) is 0.364. The first-order chi connectivity index (χ1) is 13.7. The van der Waals surface area contributed by atoms with Crippen LogP contribution in [0.3, 0.4) is 0 Å². The number of aryl methyl sites for hydroxylation is 1. The van der Waals surface area contributed by atoms with E-state index in [1.54, 1.807) is 11.3 Å². The van der Waals surface area contributed by atoms with Gasteiger partial charge in [0.2, 0.25) is 11.8 Å². The molecule has 2 aromatic heterocycles. The van der Waals surface area contributed by atoms with Gasteiger partial charge < -0.3 is 15.2 Å². The number of aromatic nitrogens is 1. The van der Waals surface area contributed by atoms with Gasteiger partial charge in [-0.15, -0.1) is 11.3 Å². The lowest BCUT2D eigenvalue weighted by molar-refractivity contribution is -0.135. The lowest BCUT2D eigenvalue weighted by atomic mass is 9.96. The molecule has 6 heteroatoms. The predicted molar refractivity (Wildman–Crippen MR) is 112 cm³/mol. The number of nitrogens with zero attached hydrogens (tertiary/aromatic N) is 1. The molecule has 28 heavy (non-hydrogen) atoms. The maximum absolute atomic E-state index is 12.7. The van der Waals surface area contributed by atoms with E-state index in [-0.39, 0.29) is 17.7 Å². The number of carbonyl (C=O) groups excluding carboxylic acids is 2. The third kappa shape index (κ3) is 4.28. The number of H-pyrrole nitrogens is 1. The molecular formula is C22H25N3O2S. The second-order valence-electron chi connectivity index (χ2n) is 7.34. The number of hydrogen-bond acceptors (Lipinski definition) is 3. The summed E-state index contributed by atoms with van der Waals surface area (Å²) in [6.07, 6.45) is 4.92. The molecule has 3 heterocycles. The number of rotatable bonds is 6. The molecule has 0 bridgehead atoms. The molecule has 2 amide bonds. The van der Waals surface area contributed by atoms with Crippen molar-refractivity contribution in [3.8, 4) is 0 Å². The first kappa shape index (κ1) is 18.7. The standard InChI is InChI=1S/C22H25N3O2S/c26-21(10-9-16-13-23-20-8-2-1-7-19(16)20)25-11-3-5-17(15-25)22(27)24-14-18-6-4-12-28-18/h1-2,4,6-8,12-13,17,23H,3,5,9-11,14-15H2,(H,24,27)/t17-/m1/s1. The molecule has 1 atom stereocenters. The Labute approximate surface area is 168 Å². The lowest BCUT2D eigenvalue weighted by Crippen LogP contribution is -2.45. The van der Waals surface area contributed by atoms with Gasteiger partial charge in [0.25, 0.3) is 0 Å². The normalized spacial score (nSPS) is 17.0. The molecule has 0 aliphatic carbocycles. The summed E-state index contributed by atoms with van der Waals surface area (Å²) in [5.74, 6) is 0.0920. The number of thiophene rings is 1. The van der Waals surface area contributed by atoms with Gasteiger partial charge in [-0.2, -0.15) is 0 Å². The van der Waals surface area contributed by atoms with E-state index >= 15 is 0 Å². The molecule has 1 saturated heterocycles. The van der Waals surface area contributed by atoms with Gasteiger partial charge in [0.05, 0.1) is 12.5 Å². The first-order valence-corrected chi connectivity index (χ1v) is 10.7. The third-order valence-electron chi connectivity index (χ3n) is 5.44. The predicted octanol–water partition coefficient (Wildman–Crippen LogP) is 3.72. The number of aromatic amines is 1. The van der Waals surface area contributed by atoms with Gasteiger partial charge in [-0.05, 0) is 42.3 Å². The Kier molecular flexibility index (Phi) is 5.76. The SMILES string of the molecule is O=C(NCc1cccs1)[C@@H]1CCCN(C(=O)CCc2c[nH]c3ccccc23)C1. The molecule has 0 unspecified atom stereocenters. The molecule has 1 aliphatic heterocycles. The van der Waals surface area contributed by atoms with Crippen molar-refractivity contribution < 1.29 is 9.59 Å². The zero-order valence-electron chi connectivity index (χ0n) is 15.8. The lowest BCUT2D eigenvalue weighted by Gasteiger charge is -2.32. The van der Waals surface area contributed by atoms with Gasteiger partial charge in [-0.25, -0.2) is 0 Å². The number of piperidine rings is 1. The van der Waals surface area contributed by atoms with Crippen molar-refractivity contribution in [2.45, 2.75) is 32.2 Å². The van der Waals surface area contributed by atoms with Crippen LogP contribution in [0.1, 0.15) is 29.7 Å². The van der Waals surface area contributed by atoms with Gasteiger partial charge >= 0.3 is 0 Å². The molecular weight excluding hydrogens is 370 g/mol. The molecule has 1 fully saturated rings. The summed E-state index contributed by atoms with van der Waals surface area (Å²) in [6.45, 7) is 1.85. The van der Waals surface area contributed by atoms with Crippen molar-refractivity contribution in [3.63, 3.8) is 0 Å². The third-order valence-corrected chi connectivity index (χ3v) is 6.32. The van der Waals surface area contributed by atoms with E-state index in [4.69, 9.17) is 0 Å². The van der Waals surface area contributed by atoms with E-state index in [9.17, 15) is 9.59 Å². The van der Waals surface area contributed by atoms with Gasteiger partial charge in [-0.3, -0.25) is 9.59 Å². The number of para-hydroxylation sites is 1. The van der Waals surface area contributed by atoms with E-state index < -0.39 is 0 Å². The largest absolute Gasteiger partial charge is 0.361 e. The molecule has 146 valence electrons. The van der Waals surface area contributed by atoms with Crippen LogP contribution in [0.5, 0.6) is 0 Å². The molecule has 2 N–H and O–H groups in total. The Morgan fingerprint density at radius 1 is 1.21 bits per heavy atom. The van der Waals surface area contributed by atoms with Crippen molar-refractivity contribution in [2.75, 3.05) is 13.1 Å². The Morgan fingerprint density at radius 3 is 2.96 bits per heavy atom. The summed E-state index contributed by atoms with van der Waals surface area (Å²) in [5, 5.41) is 6.21. The van der Waals surface area contributed by atoms with Crippen molar-refractivity contribution in [2.24, 2.45) is 5.92 Å². The highest BCUT2D eigenvalue weighted by Crippen LogP contribution is 2.21. The molecule has 0 radical (unpaired) electrons. The first-order valence-electron chi connectivity index (χ1n) is 9.83. The van der Waals surface area contributed by atoms with Crippen LogP contribution in [0.25, 0.3) is 10.9 Å². The van der Waals surface area contributed by atoms with Gasteiger partial charge in [0.1, 0.15) is 0 Å². The molecule has 1 aliphatic rings. The molecule has 0 spiro atoms. The maximum Gasteiger partial charge on any atom is 0.225 e. The minimum Gasteiger partial charge on any atom is -0.361 e. The Balaban J connectivity index is 1.29. The molecule has 3 aromatic rings. The van der Waals surface area contributed by atoms with Crippen LogP contribution in [0.2, 0.25) is 0 Å². The van der Waals surface area contributed by atoms with Gasteiger partial charge in [0, 0.05) is 41.5 Å². The number of carbonyl (C=O) groups is 2. The smallest absolute Gasteiger partial charge is 0.225 e. The van der Waals surface area contributed by atoms with Crippen molar-refractivity contribution in [3.05, 3.63) is 58.4 Å². The number of hydrogen-bond donors (Lipinski definition) is 2. The minimum atomic E-state index is -0.106. The summed E-state index contributed by atoms with van der Waals surface area (Å²) < 4.78 is 0. The zero-order valence-corrected chi connectivity index (χ0v) is 16.6. The summed E-state index contributed by atoms with van der Waals surface area (Å²) in [5.41, 5.74) is 2.27. The van der Waals surface area contributed by atoms with Crippen molar-refractivity contribution >= 4 is 34.1 Å². The number of likely N-dealkylation sites (tertiary alicyclic amines) is 1. The van der Waals surface area contributed by atoms with E-state index in [0.717, 1.165) is 29.8 Å². The highest BCUT2D eigenvalue weighted by molar-refractivity contribution is 7.09. The van der Waals surface area contributed by atoms with Crippen LogP contribution in [0.4, 0.5) is 0 Å². The Hall–Kier alpha value is -2.60. The van der Waals surface area contributed by atoms with Crippen LogP contribution in [0, 0.1) is 5.92 Å². The summed E-state index contributed by atoms with van der Waals surface area (Å²) >= 11 is 1.64. The van der Waals surface area contributed by atoms with E-state index in [0.29, 0.717) is 25.9 Å². The van der Waals surface area contributed by atoms with Gasteiger partial charge in [0.15, 0.2) is 0 Å². The quantitative estimate of drug-likeness (QED) is 0.668. The molecule has 0 saturated carbocycles. The number of benzene rings is 1. The number of amides is 2. The van der Waals surface area contributed by atoms with E-state index in [2.05, 4.69) is 16.4 Å². The van der Waals surface area contributed by atoms with Crippen LogP contribution in [-0.2, 0) is 22.6 Å². The van der Waals surface area contributed by atoms with Crippen LogP contribution < -0.4 is 5.32 Å². The number of fused-ring (bicyclic) bond motifs is 1. The Bertz CT molecular complexity index is 948. The average molecular weight is 396 g/mol. The van der Waals surface area contributed by atoms with Crippen molar-refractivity contribution in [1.29, 1.82) is 0 Å². The van der Waals surface area contributed by atoms with Crippen LogP contribution in [0.15, 0.2) is 48.0 Å². The van der Waals surface area contributed by atoms with E-state index in [1.165, 1.54) is 10.9 Å². The van der Waals surface area contributed by atoms with Gasteiger partial charge in [-0.1, -0.05) is 24.3 Å². The number of nitrogens with one attached hydrogen (secondary N) is 2. The monoisotopic (exact) mass is 395 g/mol. The zero-order chi connectivity index (χ0) is 19.3.